The van der Waals surface area contributed by atoms with Crippen LogP contribution in [0.15, 0.2) is 60.8 Å². The fourth-order valence-electron chi connectivity index (χ4n) is 5.44. The number of carbonyl (C=O) groups excluding carboxylic acids is 2. The van der Waals surface area contributed by atoms with Gasteiger partial charge in [0.15, 0.2) is 0 Å². The molecule has 2 amide bonds. The number of aromatic nitrogens is 1. The minimum absolute atomic E-state index is 0.0497. The number of hydrogen-bond donors (Lipinski definition) is 2. The third-order valence-corrected chi connectivity index (χ3v) is 7.09. The van der Waals surface area contributed by atoms with Crippen LogP contribution in [-0.4, -0.2) is 59.3 Å². The molecule has 6 heteroatoms. The SMILES string of the molecule is CC(C)CNC(=O)C1CN(Cc2ccccc2)CC12CN(C(=O)c1cccc3[nH]ccc13)C2. The van der Waals surface area contributed by atoms with Crippen LogP contribution in [0.25, 0.3) is 10.9 Å². The van der Waals surface area contributed by atoms with Crippen LogP contribution < -0.4 is 5.32 Å². The summed E-state index contributed by atoms with van der Waals surface area (Å²) in [5.74, 6) is 0.480. The minimum atomic E-state index is -0.183. The summed E-state index contributed by atoms with van der Waals surface area (Å²) < 4.78 is 0. The Balaban J connectivity index is 1.33. The van der Waals surface area contributed by atoms with Gasteiger partial charge in [0.25, 0.3) is 5.91 Å². The fourth-order valence-corrected chi connectivity index (χ4v) is 5.44. The van der Waals surface area contributed by atoms with Gasteiger partial charge in [0.05, 0.1) is 5.92 Å². The molecule has 2 aromatic carbocycles. The first-order valence-corrected chi connectivity index (χ1v) is 11.8. The molecule has 0 aliphatic carbocycles. The predicted octanol–water partition coefficient (Wildman–Crippen LogP) is 3.51. The molecule has 2 aliphatic rings. The van der Waals surface area contributed by atoms with Gasteiger partial charge in [-0.05, 0) is 29.7 Å². The van der Waals surface area contributed by atoms with Crippen LogP contribution in [0.3, 0.4) is 0 Å². The Labute approximate surface area is 195 Å². The van der Waals surface area contributed by atoms with Crippen LogP contribution in [0.4, 0.5) is 0 Å². The molecule has 3 heterocycles. The highest BCUT2D eigenvalue weighted by atomic mass is 16.2. The molecule has 1 atom stereocenters. The number of carbonyl (C=O) groups is 2. The van der Waals surface area contributed by atoms with Crippen molar-refractivity contribution in [3.8, 4) is 0 Å². The highest BCUT2D eigenvalue weighted by Crippen LogP contribution is 2.45. The molecule has 33 heavy (non-hydrogen) atoms. The molecular formula is C27H32N4O2. The monoisotopic (exact) mass is 444 g/mol. The second-order valence-electron chi connectivity index (χ2n) is 10.1. The maximum Gasteiger partial charge on any atom is 0.254 e. The van der Waals surface area contributed by atoms with Crippen LogP contribution in [-0.2, 0) is 11.3 Å². The number of likely N-dealkylation sites (tertiary alicyclic amines) is 2. The lowest BCUT2D eigenvalue weighted by Gasteiger charge is -2.50. The topological polar surface area (TPSA) is 68.4 Å². The Kier molecular flexibility index (Phi) is 5.71. The molecule has 2 N–H and O–H groups in total. The largest absolute Gasteiger partial charge is 0.361 e. The van der Waals surface area contributed by atoms with Gasteiger partial charge in [-0.15, -0.1) is 0 Å². The minimum Gasteiger partial charge on any atom is -0.361 e. The lowest BCUT2D eigenvalue weighted by atomic mass is 9.71. The van der Waals surface area contributed by atoms with E-state index in [0.717, 1.165) is 36.1 Å². The van der Waals surface area contributed by atoms with Crippen molar-refractivity contribution in [1.82, 2.24) is 20.1 Å². The number of H-pyrrole nitrogens is 1. The number of rotatable bonds is 6. The Morgan fingerprint density at radius 2 is 1.85 bits per heavy atom. The Morgan fingerprint density at radius 3 is 2.61 bits per heavy atom. The molecular weight excluding hydrogens is 412 g/mol. The van der Waals surface area contributed by atoms with Crippen molar-refractivity contribution in [1.29, 1.82) is 0 Å². The molecule has 5 rings (SSSR count). The summed E-state index contributed by atoms with van der Waals surface area (Å²) in [6.07, 6.45) is 1.87. The normalized spacial score (nSPS) is 19.8. The average Bonchev–Trinajstić information content (AvgIpc) is 3.41. The van der Waals surface area contributed by atoms with Gasteiger partial charge in [-0.2, -0.15) is 0 Å². The van der Waals surface area contributed by atoms with Crippen LogP contribution in [0, 0.1) is 17.3 Å². The Hall–Kier alpha value is -3.12. The molecule has 2 fully saturated rings. The molecule has 1 spiro atoms. The smallest absolute Gasteiger partial charge is 0.254 e. The number of benzene rings is 2. The van der Waals surface area contributed by atoms with Gasteiger partial charge in [-0.1, -0.05) is 50.2 Å². The van der Waals surface area contributed by atoms with Crippen LogP contribution in [0.5, 0.6) is 0 Å². The zero-order valence-electron chi connectivity index (χ0n) is 19.4. The van der Waals surface area contributed by atoms with E-state index in [-0.39, 0.29) is 23.1 Å². The van der Waals surface area contributed by atoms with Gasteiger partial charge in [-0.3, -0.25) is 14.5 Å². The van der Waals surface area contributed by atoms with Gasteiger partial charge < -0.3 is 15.2 Å². The maximum atomic E-state index is 13.3. The van der Waals surface area contributed by atoms with Gasteiger partial charge in [0.2, 0.25) is 5.91 Å². The Morgan fingerprint density at radius 1 is 1.06 bits per heavy atom. The molecule has 172 valence electrons. The van der Waals surface area contributed by atoms with Crippen LogP contribution >= 0.6 is 0 Å². The second-order valence-corrected chi connectivity index (χ2v) is 10.1. The number of nitrogens with zero attached hydrogens (tertiary/aromatic N) is 2. The molecule has 1 unspecified atom stereocenters. The summed E-state index contributed by atoms with van der Waals surface area (Å²) in [6.45, 7) is 8.54. The number of nitrogens with one attached hydrogen (secondary N) is 2. The molecule has 6 nitrogen and oxygen atoms in total. The fraction of sp³-hybridized carbons (Fsp3) is 0.407. The van der Waals surface area contributed by atoms with E-state index in [1.807, 2.05) is 41.4 Å². The van der Waals surface area contributed by atoms with E-state index < -0.39 is 0 Å². The summed E-state index contributed by atoms with van der Waals surface area (Å²) in [6, 6.07) is 18.2. The van der Waals surface area contributed by atoms with E-state index >= 15 is 0 Å². The van der Waals surface area contributed by atoms with Crippen molar-refractivity contribution in [3.05, 3.63) is 71.9 Å². The molecule has 0 saturated carbocycles. The molecule has 3 aromatic rings. The lowest BCUT2D eigenvalue weighted by molar-refractivity contribution is -0.131. The zero-order valence-corrected chi connectivity index (χ0v) is 19.4. The van der Waals surface area contributed by atoms with Crippen molar-refractivity contribution in [2.24, 2.45) is 17.3 Å². The van der Waals surface area contributed by atoms with E-state index in [9.17, 15) is 9.59 Å². The van der Waals surface area contributed by atoms with Crippen molar-refractivity contribution in [2.75, 3.05) is 32.7 Å². The number of fused-ring (bicyclic) bond motifs is 1. The van der Waals surface area contributed by atoms with E-state index in [4.69, 9.17) is 0 Å². The quantitative estimate of drug-likeness (QED) is 0.611. The zero-order chi connectivity index (χ0) is 23.0. The van der Waals surface area contributed by atoms with Gasteiger partial charge in [0.1, 0.15) is 0 Å². The van der Waals surface area contributed by atoms with E-state index in [0.29, 0.717) is 25.6 Å². The van der Waals surface area contributed by atoms with E-state index in [1.165, 1.54) is 5.56 Å². The lowest BCUT2D eigenvalue weighted by Crippen LogP contribution is -2.64. The molecule has 0 radical (unpaired) electrons. The third-order valence-electron chi connectivity index (χ3n) is 7.09. The Bertz CT molecular complexity index is 1150. The summed E-state index contributed by atoms with van der Waals surface area (Å²) in [4.78, 5) is 34.0. The third kappa shape index (κ3) is 4.15. The summed E-state index contributed by atoms with van der Waals surface area (Å²) >= 11 is 0. The van der Waals surface area contributed by atoms with E-state index in [1.54, 1.807) is 0 Å². The summed E-state index contributed by atoms with van der Waals surface area (Å²) in [7, 11) is 0. The second kappa shape index (κ2) is 8.67. The predicted molar refractivity (Wildman–Crippen MR) is 130 cm³/mol. The first-order valence-electron chi connectivity index (χ1n) is 11.8. The molecule has 2 saturated heterocycles. The number of aromatic amines is 1. The molecule has 2 aliphatic heterocycles. The standard InChI is InChI=1S/C27H32N4O2/c1-19(2)13-29-25(32)23-15-30(14-20-7-4-3-5-8-20)16-27(23)17-31(18-27)26(33)22-9-6-10-24-21(22)11-12-28-24/h3-12,19,23,28H,13-18H2,1-2H3,(H,29,32). The van der Waals surface area contributed by atoms with Crippen molar-refractivity contribution < 1.29 is 9.59 Å². The van der Waals surface area contributed by atoms with Crippen molar-refractivity contribution in [2.45, 2.75) is 20.4 Å². The van der Waals surface area contributed by atoms with Gasteiger partial charge in [-0.25, -0.2) is 0 Å². The van der Waals surface area contributed by atoms with Crippen LogP contribution in [0.1, 0.15) is 29.8 Å². The van der Waals surface area contributed by atoms with E-state index in [2.05, 4.69) is 53.3 Å². The first kappa shape index (κ1) is 21.7. The van der Waals surface area contributed by atoms with Crippen molar-refractivity contribution >= 4 is 22.7 Å². The number of amides is 2. The molecule has 1 aromatic heterocycles. The maximum absolute atomic E-state index is 13.3. The van der Waals surface area contributed by atoms with Crippen molar-refractivity contribution in [3.63, 3.8) is 0 Å². The summed E-state index contributed by atoms with van der Waals surface area (Å²) in [5.41, 5.74) is 2.76. The van der Waals surface area contributed by atoms with Gasteiger partial charge in [0, 0.05) is 67.3 Å². The average molecular weight is 445 g/mol. The van der Waals surface area contributed by atoms with Crippen LogP contribution in [0.2, 0.25) is 0 Å². The highest BCUT2D eigenvalue weighted by molar-refractivity contribution is 6.06. The summed E-state index contributed by atoms with van der Waals surface area (Å²) in [5, 5.41) is 4.11. The van der Waals surface area contributed by atoms with Gasteiger partial charge >= 0.3 is 0 Å². The molecule has 0 bridgehead atoms. The first-order chi connectivity index (χ1) is 15.9. The highest BCUT2D eigenvalue weighted by Gasteiger charge is 2.57. The number of hydrogen-bond acceptors (Lipinski definition) is 3.